The van der Waals surface area contributed by atoms with Crippen molar-refractivity contribution in [1.82, 2.24) is 5.32 Å². The van der Waals surface area contributed by atoms with Crippen molar-refractivity contribution in [2.24, 2.45) is 0 Å². The maximum Gasteiger partial charge on any atom is 0.251 e. The molecule has 0 spiro atoms. The van der Waals surface area contributed by atoms with Gasteiger partial charge in [0.05, 0.1) is 13.2 Å². The van der Waals surface area contributed by atoms with Crippen LogP contribution in [0, 0.1) is 5.82 Å². The number of carbonyl (C=O) groups is 1. The summed E-state index contributed by atoms with van der Waals surface area (Å²) in [5.74, 6) is 0.811. The summed E-state index contributed by atoms with van der Waals surface area (Å²) in [6.45, 7) is 1.78. The molecule has 1 heterocycles. The lowest BCUT2D eigenvalue weighted by Gasteiger charge is -2.10. The number of hydrogen-bond donors (Lipinski definition) is 1. The average molecular weight is 315 g/mol. The summed E-state index contributed by atoms with van der Waals surface area (Å²) >= 11 is 0. The maximum absolute atomic E-state index is 13.1. The summed E-state index contributed by atoms with van der Waals surface area (Å²) in [5.41, 5.74) is 1.37. The smallest absolute Gasteiger partial charge is 0.251 e. The Kier molecular flexibility index (Phi) is 4.76. The number of ether oxygens (including phenoxy) is 2. The molecule has 2 aromatic rings. The molecule has 1 amide bonds. The monoisotopic (exact) mass is 315 g/mol. The highest BCUT2D eigenvalue weighted by molar-refractivity contribution is 5.94. The van der Waals surface area contributed by atoms with Crippen LogP contribution in [0.1, 0.15) is 22.3 Å². The summed E-state index contributed by atoms with van der Waals surface area (Å²) in [4.78, 5) is 11.9. The first-order valence-corrected chi connectivity index (χ1v) is 7.65. The van der Waals surface area contributed by atoms with Gasteiger partial charge in [-0.2, -0.15) is 0 Å². The molecule has 0 aromatic heterocycles. The minimum atomic E-state index is -0.416. The fourth-order valence-corrected chi connectivity index (χ4v) is 2.42. The summed E-state index contributed by atoms with van der Waals surface area (Å²) in [6, 6.07) is 11.4. The van der Waals surface area contributed by atoms with E-state index in [4.69, 9.17) is 9.47 Å². The third-order valence-electron chi connectivity index (χ3n) is 3.60. The molecule has 120 valence electrons. The lowest BCUT2D eigenvalue weighted by Crippen LogP contribution is -2.25. The van der Waals surface area contributed by atoms with Crippen molar-refractivity contribution in [3.63, 3.8) is 0 Å². The standard InChI is InChI=1S/C18H18FNO3/c19-15-4-1-3-14(12-15)18(21)20-8-7-13-5-6-16-17(11-13)23-10-2-9-22-16/h1,3-6,11-12H,2,7-10H2,(H,20,21). The third-order valence-corrected chi connectivity index (χ3v) is 3.60. The Morgan fingerprint density at radius 2 is 1.91 bits per heavy atom. The highest BCUT2D eigenvalue weighted by atomic mass is 19.1. The van der Waals surface area contributed by atoms with Crippen LogP contribution in [0.3, 0.4) is 0 Å². The SMILES string of the molecule is O=C(NCCc1ccc2c(c1)OCCCO2)c1cccc(F)c1. The second-order valence-corrected chi connectivity index (χ2v) is 5.35. The van der Waals surface area contributed by atoms with E-state index in [1.54, 1.807) is 6.07 Å². The van der Waals surface area contributed by atoms with Gasteiger partial charge in [0.25, 0.3) is 5.91 Å². The molecule has 0 bridgehead atoms. The van der Waals surface area contributed by atoms with E-state index in [1.807, 2.05) is 18.2 Å². The van der Waals surface area contributed by atoms with Crippen molar-refractivity contribution in [2.45, 2.75) is 12.8 Å². The quantitative estimate of drug-likeness (QED) is 0.943. The van der Waals surface area contributed by atoms with Gasteiger partial charge >= 0.3 is 0 Å². The third kappa shape index (κ3) is 4.00. The van der Waals surface area contributed by atoms with Gasteiger partial charge in [0.1, 0.15) is 5.82 Å². The van der Waals surface area contributed by atoms with Gasteiger partial charge < -0.3 is 14.8 Å². The predicted octanol–water partition coefficient (Wildman–Crippen LogP) is 2.96. The second kappa shape index (κ2) is 7.13. The average Bonchev–Trinajstić information content (AvgIpc) is 2.79. The van der Waals surface area contributed by atoms with Crippen LogP contribution in [0.25, 0.3) is 0 Å². The largest absolute Gasteiger partial charge is 0.490 e. The zero-order valence-corrected chi connectivity index (χ0v) is 12.7. The molecule has 0 unspecified atom stereocenters. The summed E-state index contributed by atoms with van der Waals surface area (Å²) in [7, 11) is 0. The molecular formula is C18H18FNO3. The molecular weight excluding hydrogens is 297 g/mol. The first kappa shape index (κ1) is 15.3. The van der Waals surface area contributed by atoms with E-state index in [2.05, 4.69) is 5.32 Å². The molecule has 3 rings (SSSR count). The van der Waals surface area contributed by atoms with Crippen molar-refractivity contribution < 1.29 is 18.7 Å². The Bertz CT molecular complexity index is 702. The van der Waals surface area contributed by atoms with Crippen LogP contribution < -0.4 is 14.8 Å². The zero-order chi connectivity index (χ0) is 16.1. The number of halogens is 1. The van der Waals surface area contributed by atoms with Crippen LogP contribution in [0.4, 0.5) is 4.39 Å². The number of amides is 1. The first-order valence-electron chi connectivity index (χ1n) is 7.65. The predicted molar refractivity (Wildman–Crippen MR) is 84.5 cm³/mol. The molecule has 1 aliphatic rings. The fraction of sp³-hybridized carbons (Fsp3) is 0.278. The van der Waals surface area contributed by atoms with Crippen LogP contribution in [0.15, 0.2) is 42.5 Å². The maximum atomic E-state index is 13.1. The Labute approximate surface area is 134 Å². The Morgan fingerprint density at radius 3 is 2.74 bits per heavy atom. The lowest BCUT2D eigenvalue weighted by atomic mass is 10.1. The highest BCUT2D eigenvalue weighted by Gasteiger charge is 2.11. The first-order chi connectivity index (χ1) is 11.2. The van der Waals surface area contributed by atoms with Crippen LogP contribution in [-0.2, 0) is 6.42 Å². The minimum absolute atomic E-state index is 0.279. The van der Waals surface area contributed by atoms with Gasteiger partial charge in [-0.1, -0.05) is 12.1 Å². The molecule has 0 atom stereocenters. The van der Waals surface area contributed by atoms with Crippen molar-refractivity contribution in [1.29, 1.82) is 0 Å². The lowest BCUT2D eigenvalue weighted by molar-refractivity contribution is 0.0953. The molecule has 0 saturated carbocycles. The summed E-state index contributed by atoms with van der Waals surface area (Å²) < 4.78 is 24.3. The molecule has 23 heavy (non-hydrogen) atoms. The van der Waals surface area contributed by atoms with Crippen molar-refractivity contribution in [3.05, 3.63) is 59.4 Å². The number of benzene rings is 2. The Morgan fingerprint density at radius 1 is 1.09 bits per heavy atom. The molecule has 2 aromatic carbocycles. The topological polar surface area (TPSA) is 47.6 Å². The van der Waals surface area contributed by atoms with E-state index < -0.39 is 5.82 Å². The van der Waals surface area contributed by atoms with E-state index in [-0.39, 0.29) is 5.91 Å². The van der Waals surface area contributed by atoms with Crippen molar-refractivity contribution in [3.8, 4) is 11.5 Å². The van der Waals surface area contributed by atoms with Crippen LogP contribution in [0.2, 0.25) is 0 Å². The minimum Gasteiger partial charge on any atom is -0.490 e. The van der Waals surface area contributed by atoms with Crippen LogP contribution in [-0.4, -0.2) is 25.7 Å². The summed E-state index contributed by atoms with van der Waals surface area (Å²) in [5, 5.41) is 2.79. The van der Waals surface area contributed by atoms with Crippen molar-refractivity contribution in [2.75, 3.05) is 19.8 Å². The molecule has 5 heteroatoms. The zero-order valence-electron chi connectivity index (χ0n) is 12.7. The fourth-order valence-electron chi connectivity index (χ4n) is 2.42. The van der Waals surface area contributed by atoms with Gasteiger partial charge in [0.2, 0.25) is 0 Å². The van der Waals surface area contributed by atoms with Gasteiger partial charge in [-0.05, 0) is 42.3 Å². The van der Waals surface area contributed by atoms with E-state index in [9.17, 15) is 9.18 Å². The molecule has 1 aliphatic heterocycles. The number of nitrogens with one attached hydrogen (secondary N) is 1. The van der Waals surface area contributed by atoms with E-state index in [0.29, 0.717) is 31.7 Å². The van der Waals surface area contributed by atoms with Gasteiger partial charge in [0.15, 0.2) is 11.5 Å². The van der Waals surface area contributed by atoms with E-state index in [0.717, 1.165) is 23.5 Å². The highest BCUT2D eigenvalue weighted by Crippen LogP contribution is 2.30. The van der Waals surface area contributed by atoms with Gasteiger partial charge in [-0.25, -0.2) is 4.39 Å². The number of rotatable bonds is 4. The van der Waals surface area contributed by atoms with Gasteiger partial charge in [0, 0.05) is 18.5 Å². The van der Waals surface area contributed by atoms with Crippen molar-refractivity contribution >= 4 is 5.91 Å². The molecule has 0 aliphatic carbocycles. The normalized spacial score (nSPS) is 13.3. The van der Waals surface area contributed by atoms with Gasteiger partial charge in [-0.15, -0.1) is 0 Å². The van der Waals surface area contributed by atoms with Crippen LogP contribution in [0.5, 0.6) is 11.5 Å². The molecule has 4 nitrogen and oxygen atoms in total. The Balaban J connectivity index is 1.56. The molecule has 0 radical (unpaired) electrons. The Hall–Kier alpha value is -2.56. The molecule has 1 N–H and O–H groups in total. The van der Waals surface area contributed by atoms with Gasteiger partial charge in [-0.3, -0.25) is 4.79 Å². The van der Waals surface area contributed by atoms with E-state index in [1.165, 1.54) is 18.2 Å². The number of hydrogen-bond acceptors (Lipinski definition) is 3. The molecule has 0 fully saturated rings. The van der Waals surface area contributed by atoms with E-state index >= 15 is 0 Å². The number of fused-ring (bicyclic) bond motifs is 1. The number of carbonyl (C=O) groups excluding carboxylic acids is 1. The van der Waals surface area contributed by atoms with Crippen LogP contribution >= 0.6 is 0 Å². The second-order valence-electron chi connectivity index (χ2n) is 5.35. The molecule has 0 saturated heterocycles. The summed E-state index contributed by atoms with van der Waals surface area (Å²) in [6.07, 6.45) is 1.53.